The molecule has 1 aromatic rings. The smallest absolute Gasteiger partial charge is 0.165 e. The molecule has 0 spiro atoms. The van der Waals surface area contributed by atoms with Gasteiger partial charge in [0.1, 0.15) is 13.2 Å². The summed E-state index contributed by atoms with van der Waals surface area (Å²) in [6.07, 6.45) is 0. The Morgan fingerprint density at radius 3 is 2.55 bits per heavy atom. The first kappa shape index (κ1) is 17.4. The van der Waals surface area contributed by atoms with E-state index >= 15 is 0 Å². The Balaban J connectivity index is 0.00000200. The second-order valence-corrected chi connectivity index (χ2v) is 5.88. The number of hydrogen-bond donors (Lipinski definition) is 0. The second kappa shape index (κ2) is 7.38. The molecule has 5 heteroatoms. The van der Waals surface area contributed by atoms with Crippen molar-refractivity contribution in [3.8, 4) is 5.75 Å². The predicted molar refractivity (Wildman–Crippen MR) is 74.9 cm³/mol. The molecule has 1 fully saturated rings. The highest BCUT2D eigenvalue weighted by Gasteiger charge is 2.26. The molecule has 0 atom stereocenters. The molecule has 1 heterocycles. The van der Waals surface area contributed by atoms with Gasteiger partial charge in [-0.1, -0.05) is 6.07 Å². The highest BCUT2D eigenvalue weighted by molar-refractivity contribution is 5.28. The number of halogens is 2. The van der Waals surface area contributed by atoms with E-state index in [9.17, 15) is 4.39 Å². The highest BCUT2D eigenvalue weighted by atomic mass is 79.9. The summed E-state index contributed by atoms with van der Waals surface area (Å²) in [6.45, 7) is 7.89. The van der Waals surface area contributed by atoms with Gasteiger partial charge >= 0.3 is 0 Å². The lowest BCUT2D eigenvalue weighted by Crippen LogP contribution is -3.00. The van der Waals surface area contributed by atoms with E-state index in [1.165, 1.54) is 6.07 Å². The van der Waals surface area contributed by atoms with E-state index in [2.05, 4.69) is 19.0 Å². The molecule has 1 saturated heterocycles. The summed E-state index contributed by atoms with van der Waals surface area (Å²) in [5.74, 6) is 0.104. The van der Waals surface area contributed by atoms with Gasteiger partial charge in [0.05, 0.1) is 20.1 Å². The molecule has 0 saturated carbocycles. The summed E-state index contributed by atoms with van der Waals surface area (Å²) < 4.78 is 20.2. The Morgan fingerprint density at radius 2 is 1.95 bits per heavy atom. The summed E-state index contributed by atoms with van der Waals surface area (Å²) in [7, 11) is 4.41. The van der Waals surface area contributed by atoms with Crippen molar-refractivity contribution in [1.82, 2.24) is 4.90 Å². The summed E-state index contributed by atoms with van der Waals surface area (Å²) in [6, 6.07) is 5.11. The van der Waals surface area contributed by atoms with Crippen molar-refractivity contribution >= 4 is 0 Å². The maximum absolute atomic E-state index is 13.6. The van der Waals surface area contributed by atoms with Crippen LogP contribution in [-0.2, 0) is 0 Å². The lowest BCUT2D eigenvalue weighted by molar-refractivity contribution is -0.913. The SMILES string of the molecule is Cc1ccc(OCC[N+]2(C)CCN(C)CC2)c(F)c1.[Br-]. The summed E-state index contributed by atoms with van der Waals surface area (Å²) >= 11 is 0. The number of hydrogen-bond acceptors (Lipinski definition) is 2. The van der Waals surface area contributed by atoms with E-state index in [1.807, 2.05) is 13.0 Å². The van der Waals surface area contributed by atoms with Crippen molar-refractivity contribution < 1.29 is 30.6 Å². The van der Waals surface area contributed by atoms with E-state index in [1.54, 1.807) is 6.07 Å². The molecule has 114 valence electrons. The van der Waals surface area contributed by atoms with Crippen molar-refractivity contribution in [3.05, 3.63) is 29.6 Å². The van der Waals surface area contributed by atoms with Crippen molar-refractivity contribution in [1.29, 1.82) is 0 Å². The third-order valence-corrected chi connectivity index (χ3v) is 4.02. The number of ether oxygens (including phenoxy) is 1. The van der Waals surface area contributed by atoms with Gasteiger partial charge in [-0.05, 0) is 31.7 Å². The first-order valence-electron chi connectivity index (χ1n) is 6.90. The molecule has 0 amide bonds. The van der Waals surface area contributed by atoms with Crippen molar-refractivity contribution in [2.45, 2.75) is 6.92 Å². The number of benzene rings is 1. The van der Waals surface area contributed by atoms with Gasteiger partial charge in [-0.2, -0.15) is 0 Å². The topological polar surface area (TPSA) is 12.5 Å². The third kappa shape index (κ3) is 4.72. The minimum absolute atomic E-state index is 0. The fraction of sp³-hybridized carbons (Fsp3) is 0.600. The highest BCUT2D eigenvalue weighted by Crippen LogP contribution is 2.18. The van der Waals surface area contributed by atoms with Crippen LogP contribution in [0.15, 0.2) is 18.2 Å². The number of piperazine rings is 1. The maximum atomic E-state index is 13.6. The molecule has 2 rings (SSSR count). The van der Waals surface area contributed by atoms with Crippen LogP contribution in [0.3, 0.4) is 0 Å². The zero-order chi connectivity index (χ0) is 13.9. The number of quaternary nitrogens is 1. The predicted octanol–water partition coefficient (Wildman–Crippen LogP) is -1.09. The van der Waals surface area contributed by atoms with Crippen LogP contribution in [0.4, 0.5) is 4.39 Å². The van der Waals surface area contributed by atoms with Crippen LogP contribution in [0.25, 0.3) is 0 Å². The Bertz CT molecular complexity index is 434. The molecule has 0 unspecified atom stereocenters. The molecule has 1 aliphatic heterocycles. The molecular formula is C15H24BrFN2O. The van der Waals surface area contributed by atoms with Gasteiger partial charge in [-0.3, -0.25) is 4.90 Å². The van der Waals surface area contributed by atoms with E-state index < -0.39 is 0 Å². The first-order chi connectivity index (χ1) is 8.98. The Labute approximate surface area is 131 Å². The van der Waals surface area contributed by atoms with Crippen LogP contribution in [0.5, 0.6) is 5.75 Å². The molecule has 0 bridgehead atoms. The van der Waals surface area contributed by atoms with Crippen molar-refractivity contribution in [3.63, 3.8) is 0 Å². The molecule has 0 N–H and O–H groups in total. The van der Waals surface area contributed by atoms with Crippen LogP contribution in [-0.4, -0.2) is 62.8 Å². The molecule has 0 radical (unpaired) electrons. The van der Waals surface area contributed by atoms with Gasteiger partial charge in [-0.15, -0.1) is 0 Å². The summed E-state index contributed by atoms with van der Waals surface area (Å²) in [5.41, 5.74) is 0.919. The fourth-order valence-electron chi connectivity index (χ4n) is 2.37. The van der Waals surface area contributed by atoms with E-state index in [0.29, 0.717) is 12.4 Å². The van der Waals surface area contributed by atoms with Gasteiger partial charge in [0.25, 0.3) is 0 Å². The average Bonchev–Trinajstić information content (AvgIpc) is 2.36. The minimum Gasteiger partial charge on any atom is -1.00 e. The van der Waals surface area contributed by atoms with Crippen molar-refractivity contribution in [2.24, 2.45) is 0 Å². The standard InChI is InChI=1S/C15H24FN2O.BrH/c1-13-4-5-15(14(16)12-13)19-11-10-18(3)8-6-17(2)7-9-18;/h4-5,12H,6-11H2,1-3H3;1H/q+1;/p-1. The maximum Gasteiger partial charge on any atom is 0.165 e. The Morgan fingerprint density at radius 1 is 1.30 bits per heavy atom. The molecule has 3 nitrogen and oxygen atoms in total. The van der Waals surface area contributed by atoms with Crippen LogP contribution in [0, 0.1) is 12.7 Å². The summed E-state index contributed by atoms with van der Waals surface area (Å²) in [4.78, 5) is 2.35. The molecular weight excluding hydrogens is 323 g/mol. The van der Waals surface area contributed by atoms with Crippen molar-refractivity contribution in [2.75, 3.05) is 53.4 Å². The van der Waals surface area contributed by atoms with Crippen LogP contribution < -0.4 is 21.7 Å². The quantitative estimate of drug-likeness (QED) is 0.642. The minimum atomic E-state index is -0.263. The monoisotopic (exact) mass is 346 g/mol. The molecule has 0 aromatic heterocycles. The normalized spacial score (nSPS) is 18.4. The molecule has 0 aliphatic carbocycles. The molecule has 1 aliphatic rings. The van der Waals surface area contributed by atoms with Gasteiger partial charge in [-0.25, -0.2) is 4.39 Å². The average molecular weight is 347 g/mol. The van der Waals surface area contributed by atoms with E-state index in [0.717, 1.165) is 42.8 Å². The van der Waals surface area contributed by atoms with Gasteiger partial charge in [0, 0.05) is 13.1 Å². The molecule has 20 heavy (non-hydrogen) atoms. The lowest BCUT2D eigenvalue weighted by Gasteiger charge is -2.40. The number of likely N-dealkylation sites (N-methyl/N-ethyl adjacent to an activating group) is 2. The second-order valence-electron chi connectivity index (χ2n) is 5.88. The number of rotatable bonds is 4. The van der Waals surface area contributed by atoms with Gasteiger partial charge in [0.2, 0.25) is 0 Å². The zero-order valence-corrected chi connectivity index (χ0v) is 14.1. The Kier molecular flexibility index (Phi) is 6.43. The lowest BCUT2D eigenvalue weighted by atomic mass is 10.2. The zero-order valence-electron chi connectivity index (χ0n) is 12.5. The van der Waals surface area contributed by atoms with E-state index in [-0.39, 0.29) is 22.8 Å². The molecule has 1 aromatic carbocycles. The van der Waals surface area contributed by atoms with E-state index in [4.69, 9.17) is 4.74 Å². The fourth-order valence-corrected chi connectivity index (χ4v) is 2.37. The number of nitrogens with zero attached hydrogens (tertiary/aromatic N) is 2. The third-order valence-electron chi connectivity index (χ3n) is 4.02. The van der Waals surface area contributed by atoms with Gasteiger partial charge in [0.15, 0.2) is 11.6 Å². The first-order valence-corrected chi connectivity index (χ1v) is 6.90. The Hall–Kier alpha value is -0.650. The number of aryl methyl sites for hydroxylation is 1. The van der Waals surface area contributed by atoms with Crippen LogP contribution in [0.1, 0.15) is 5.56 Å². The largest absolute Gasteiger partial charge is 1.00 e. The van der Waals surface area contributed by atoms with Crippen LogP contribution in [0.2, 0.25) is 0 Å². The van der Waals surface area contributed by atoms with Gasteiger partial charge < -0.3 is 26.2 Å². The van der Waals surface area contributed by atoms with Crippen LogP contribution >= 0.6 is 0 Å². The summed E-state index contributed by atoms with van der Waals surface area (Å²) in [5, 5.41) is 0.